The van der Waals surface area contributed by atoms with Crippen molar-refractivity contribution < 1.29 is 19.7 Å². The average Bonchev–Trinajstić information content (AvgIpc) is 3.02. The van der Waals surface area contributed by atoms with Gasteiger partial charge < -0.3 is 14.9 Å². The van der Waals surface area contributed by atoms with E-state index in [9.17, 15) is 15.0 Å². The lowest BCUT2D eigenvalue weighted by Gasteiger charge is -2.59. The summed E-state index contributed by atoms with van der Waals surface area (Å²) in [6, 6.07) is 0. The van der Waals surface area contributed by atoms with Crippen molar-refractivity contribution in [3.8, 4) is 0 Å². The smallest absolute Gasteiger partial charge is 0.336 e. The van der Waals surface area contributed by atoms with Gasteiger partial charge in [0.25, 0.3) is 0 Å². The van der Waals surface area contributed by atoms with Crippen molar-refractivity contribution in [1.82, 2.24) is 0 Å². The van der Waals surface area contributed by atoms with Crippen LogP contribution in [0.25, 0.3) is 0 Å². The van der Waals surface area contributed by atoms with Gasteiger partial charge in [0.05, 0.1) is 12.2 Å². The van der Waals surface area contributed by atoms with E-state index in [0.717, 1.165) is 56.3 Å². The monoisotopic (exact) mass is 330 g/mol. The quantitative estimate of drug-likeness (QED) is 0.726. The Balaban J connectivity index is 1.56. The largest absolute Gasteiger partial charge is 0.423 e. The lowest BCUT2D eigenvalue weighted by molar-refractivity contribution is -0.132. The standard InChI is InChI=1S/C20H26O4/c1-18-6-5-15-13(8-17(22)24-15)14(18)4-7-19-9-12(2-3-16(18)19)20(23,10-19)11-21/h5,8,12,14,16,21,23H,2-4,6-7,9-11H2,1H3/t12-,14-,16+,18-,19+,20+/m1/s1. The third-order valence-corrected chi connectivity index (χ3v) is 8.28. The van der Waals surface area contributed by atoms with Crippen LogP contribution in [0, 0.1) is 28.6 Å². The van der Waals surface area contributed by atoms with Crippen LogP contribution in [0.5, 0.6) is 0 Å². The summed E-state index contributed by atoms with van der Waals surface area (Å²) >= 11 is 0. The number of fused-ring (bicyclic) bond motifs is 5. The summed E-state index contributed by atoms with van der Waals surface area (Å²) in [4.78, 5) is 11.7. The molecule has 2 bridgehead atoms. The van der Waals surface area contributed by atoms with E-state index in [2.05, 4.69) is 13.0 Å². The number of hydrogen-bond acceptors (Lipinski definition) is 4. The maximum Gasteiger partial charge on any atom is 0.336 e. The Morgan fingerprint density at radius 2 is 2.17 bits per heavy atom. The summed E-state index contributed by atoms with van der Waals surface area (Å²) < 4.78 is 5.36. The van der Waals surface area contributed by atoms with Crippen LogP contribution in [0.4, 0.5) is 0 Å². The number of carbonyl (C=O) groups excluding carboxylic acids is 1. The van der Waals surface area contributed by atoms with Gasteiger partial charge in [-0.2, -0.15) is 0 Å². The van der Waals surface area contributed by atoms with E-state index >= 15 is 0 Å². The lowest BCUT2D eigenvalue weighted by atomic mass is 9.45. The fourth-order valence-corrected chi connectivity index (χ4v) is 7.33. The Kier molecular flexibility index (Phi) is 2.86. The lowest BCUT2D eigenvalue weighted by Crippen LogP contribution is -2.51. The summed E-state index contributed by atoms with van der Waals surface area (Å²) in [6.07, 6.45) is 10.9. The van der Waals surface area contributed by atoms with E-state index in [1.165, 1.54) is 0 Å². The van der Waals surface area contributed by atoms with Crippen LogP contribution in [-0.4, -0.2) is 28.4 Å². The molecule has 4 heteroatoms. The number of aliphatic hydroxyl groups is 2. The molecule has 1 spiro atoms. The van der Waals surface area contributed by atoms with Gasteiger partial charge in [-0.1, -0.05) is 6.92 Å². The van der Waals surface area contributed by atoms with Crippen molar-refractivity contribution in [3.05, 3.63) is 23.5 Å². The van der Waals surface area contributed by atoms with Gasteiger partial charge in [0, 0.05) is 11.6 Å². The van der Waals surface area contributed by atoms with Crippen LogP contribution in [0.15, 0.2) is 23.5 Å². The number of carbonyl (C=O) groups is 1. The topological polar surface area (TPSA) is 66.8 Å². The van der Waals surface area contributed by atoms with Crippen molar-refractivity contribution in [2.24, 2.45) is 28.6 Å². The van der Waals surface area contributed by atoms with Crippen LogP contribution in [0.2, 0.25) is 0 Å². The zero-order valence-corrected chi connectivity index (χ0v) is 14.3. The Bertz CT molecular complexity index is 679. The van der Waals surface area contributed by atoms with Crippen molar-refractivity contribution in [3.63, 3.8) is 0 Å². The molecule has 4 aliphatic carbocycles. The SMILES string of the molecule is C[C@@]12CC=C3OC(=O)C=C3[C@H]1CC[C@@]13C[C@@H](CC[C@H]12)[C@@](O)(CO)C3. The average molecular weight is 330 g/mol. The number of ether oxygens (including phenoxy) is 1. The number of hydrogen-bond donors (Lipinski definition) is 2. The van der Waals surface area contributed by atoms with Crippen molar-refractivity contribution >= 4 is 5.97 Å². The molecule has 0 saturated heterocycles. The van der Waals surface area contributed by atoms with E-state index in [1.807, 2.05) is 0 Å². The molecule has 130 valence electrons. The molecule has 1 aliphatic heterocycles. The van der Waals surface area contributed by atoms with Crippen LogP contribution >= 0.6 is 0 Å². The highest BCUT2D eigenvalue weighted by molar-refractivity contribution is 5.88. The third kappa shape index (κ3) is 1.69. The first-order valence-electron chi connectivity index (χ1n) is 9.37. The predicted molar refractivity (Wildman–Crippen MR) is 87.6 cm³/mol. The zero-order chi connectivity index (χ0) is 16.7. The molecule has 2 N–H and O–H groups in total. The highest BCUT2D eigenvalue weighted by atomic mass is 16.5. The van der Waals surface area contributed by atoms with Gasteiger partial charge >= 0.3 is 5.97 Å². The van der Waals surface area contributed by atoms with Crippen molar-refractivity contribution in [1.29, 1.82) is 0 Å². The minimum absolute atomic E-state index is 0.107. The van der Waals surface area contributed by atoms with E-state index in [1.54, 1.807) is 6.08 Å². The second kappa shape index (κ2) is 4.53. The van der Waals surface area contributed by atoms with Gasteiger partial charge in [-0.05, 0) is 79.6 Å². The molecule has 6 atom stereocenters. The second-order valence-corrected chi connectivity index (χ2v) is 9.22. The van der Waals surface area contributed by atoms with Crippen molar-refractivity contribution in [2.45, 2.75) is 57.5 Å². The van der Waals surface area contributed by atoms with Crippen LogP contribution in [-0.2, 0) is 9.53 Å². The fourth-order valence-electron chi connectivity index (χ4n) is 7.33. The Hall–Kier alpha value is -1.13. The summed E-state index contributed by atoms with van der Waals surface area (Å²) in [5, 5.41) is 20.7. The maximum atomic E-state index is 11.7. The number of aliphatic hydroxyl groups excluding tert-OH is 1. The Morgan fingerprint density at radius 3 is 2.96 bits per heavy atom. The first kappa shape index (κ1) is 15.2. The van der Waals surface area contributed by atoms with Gasteiger partial charge in [0.1, 0.15) is 5.76 Å². The molecule has 3 saturated carbocycles. The first-order valence-corrected chi connectivity index (χ1v) is 9.37. The molecular weight excluding hydrogens is 304 g/mol. The zero-order valence-electron chi connectivity index (χ0n) is 14.3. The van der Waals surface area contributed by atoms with Gasteiger partial charge in [0.15, 0.2) is 0 Å². The van der Waals surface area contributed by atoms with E-state index in [-0.39, 0.29) is 29.3 Å². The summed E-state index contributed by atoms with van der Waals surface area (Å²) in [6.45, 7) is 2.28. The highest BCUT2D eigenvalue weighted by Crippen LogP contribution is 2.71. The second-order valence-electron chi connectivity index (χ2n) is 9.22. The van der Waals surface area contributed by atoms with Gasteiger partial charge in [0.2, 0.25) is 0 Å². The molecule has 0 aromatic carbocycles. The molecule has 0 aromatic rings. The first-order chi connectivity index (χ1) is 11.4. The molecule has 3 fully saturated rings. The van der Waals surface area contributed by atoms with E-state index < -0.39 is 5.60 Å². The summed E-state index contributed by atoms with van der Waals surface area (Å²) in [5.74, 6) is 1.77. The number of allylic oxidation sites excluding steroid dienone is 2. The van der Waals surface area contributed by atoms with Crippen LogP contribution in [0.3, 0.4) is 0 Å². The normalized spacial score (nSPS) is 52.0. The molecule has 0 radical (unpaired) electrons. The van der Waals surface area contributed by atoms with Gasteiger partial charge in [-0.25, -0.2) is 4.79 Å². The van der Waals surface area contributed by atoms with Gasteiger partial charge in [-0.15, -0.1) is 0 Å². The highest BCUT2D eigenvalue weighted by Gasteiger charge is 2.66. The number of rotatable bonds is 1. The summed E-state index contributed by atoms with van der Waals surface area (Å²) in [5.41, 5.74) is 0.536. The minimum atomic E-state index is -0.876. The molecule has 1 heterocycles. The third-order valence-electron chi connectivity index (χ3n) is 8.28. The molecule has 24 heavy (non-hydrogen) atoms. The minimum Gasteiger partial charge on any atom is -0.423 e. The molecule has 0 unspecified atom stereocenters. The molecule has 0 amide bonds. The van der Waals surface area contributed by atoms with E-state index in [4.69, 9.17) is 4.74 Å². The molecule has 0 aromatic heterocycles. The Labute approximate surface area is 142 Å². The van der Waals surface area contributed by atoms with E-state index in [0.29, 0.717) is 11.8 Å². The summed E-state index contributed by atoms with van der Waals surface area (Å²) in [7, 11) is 0. The van der Waals surface area contributed by atoms with Crippen LogP contribution in [0.1, 0.15) is 51.9 Å². The fraction of sp³-hybridized carbons (Fsp3) is 0.750. The van der Waals surface area contributed by atoms with Crippen molar-refractivity contribution in [2.75, 3.05) is 6.61 Å². The molecular formula is C20H26O4. The molecule has 5 aliphatic rings. The Morgan fingerprint density at radius 1 is 1.33 bits per heavy atom. The number of esters is 1. The predicted octanol–water partition coefficient (Wildman–Crippen LogP) is 2.70. The van der Waals surface area contributed by atoms with Crippen LogP contribution < -0.4 is 0 Å². The van der Waals surface area contributed by atoms with Gasteiger partial charge in [-0.3, -0.25) is 0 Å². The maximum absolute atomic E-state index is 11.7. The molecule has 4 nitrogen and oxygen atoms in total. The molecule has 5 rings (SSSR count).